The molecule has 5 heteroatoms. The summed E-state index contributed by atoms with van der Waals surface area (Å²) in [5.41, 5.74) is 3.32. The van der Waals surface area contributed by atoms with Gasteiger partial charge in [0.1, 0.15) is 6.54 Å². The Kier molecular flexibility index (Phi) is 5.74. The van der Waals surface area contributed by atoms with Crippen molar-refractivity contribution in [1.29, 1.82) is 0 Å². The van der Waals surface area contributed by atoms with Crippen molar-refractivity contribution in [1.82, 2.24) is 14.8 Å². The van der Waals surface area contributed by atoms with E-state index in [0.29, 0.717) is 19.0 Å². The van der Waals surface area contributed by atoms with Gasteiger partial charge in [-0.1, -0.05) is 49.6 Å². The number of benzene rings is 1. The van der Waals surface area contributed by atoms with Crippen LogP contribution in [0.3, 0.4) is 0 Å². The Balaban J connectivity index is 1.54. The summed E-state index contributed by atoms with van der Waals surface area (Å²) in [6.45, 7) is 5.14. The molecule has 0 unspecified atom stereocenters. The van der Waals surface area contributed by atoms with Crippen molar-refractivity contribution in [2.45, 2.75) is 64.6 Å². The number of nitrogens with one attached hydrogen (secondary N) is 1. The topological polar surface area (TPSA) is 54.3 Å². The van der Waals surface area contributed by atoms with Crippen LogP contribution in [-0.2, 0) is 22.6 Å². The number of aryl methyl sites for hydroxylation is 1. The smallest absolute Gasteiger partial charge is 0.249 e. The SMILES string of the molecule is Cc1ccc(CCN2C(=O)Cn3cccc3[C@@H]2C(=O)N[C@@H]2CCCC[C@H]2C)cc1. The molecule has 2 aromatic rings. The first-order valence-corrected chi connectivity index (χ1v) is 10.8. The van der Waals surface area contributed by atoms with Gasteiger partial charge in [-0.05, 0) is 49.8 Å². The molecule has 154 valence electrons. The van der Waals surface area contributed by atoms with E-state index < -0.39 is 6.04 Å². The van der Waals surface area contributed by atoms with Gasteiger partial charge >= 0.3 is 0 Å². The largest absolute Gasteiger partial charge is 0.351 e. The summed E-state index contributed by atoms with van der Waals surface area (Å²) in [5.74, 6) is 0.457. The molecule has 1 aliphatic carbocycles. The molecule has 1 fully saturated rings. The van der Waals surface area contributed by atoms with Crippen LogP contribution in [0.25, 0.3) is 0 Å². The van der Waals surface area contributed by atoms with Gasteiger partial charge in [0.25, 0.3) is 0 Å². The van der Waals surface area contributed by atoms with E-state index in [0.717, 1.165) is 31.4 Å². The molecule has 1 saturated carbocycles. The fourth-order valence-corrected chi connectivity index (χ4v) is 4.69. The molecule has 0 radical (unpaired) electrons. The van der Waals surface area contributed by atoms with Crippen LogP contribution in [0.5, 0.6) is 0 Å². The molecule has 29 heavy (non-hydrogen) atoms. The minimum absolute atomic E-state index is 0.0117. The monoisotopic (exact) mass is 393 g/mol. The molecule has 2 aliphatic rings. The quantitative estimate of drug-likeness (QED) is 0.844. The molecule has 2 heterocycles. The van der Waals surface area contributed by atoms with Crippen LogP contribution in [0.2, 0.25) is 0 Å². The molecule has 5 nitrogen and oxygen atoms in total. The Morgan fingerprint density at radius 3 is 2.66 bits per heavy atom. The van der Waals surface area contributed by atoms with Crippen LogP contribution in [0.15, 0.2) is 42.6 Å². The Morgan fingerprint density at radius 2 is 1.90 bits per heavy atom. The van der Waals surface area contributed by atoms with E-state index in [-0.39, 0.29) is 17.9 Å². The van der Waals surface area contributed by atoms with Crippen molar-refractivity contribution in [3.05, 3.63) is 59.4 Å². The van der Waals surface area contributed by atoms with Crippen LogP contribution in [0.1, 0.15) is 55.5 Å². The Labute approximate surface area is 173 Å². The highest BCUT2D eigenvalue weighted by atomic mass is 16.2. The minimum Gasteiger partial charge on any atom is -0.351 e. The van der Waals surface area contributed by atoms with Crippen molar-refractivity contribution in [3.8, 4) is 0 Å². The first-order chi connectivity index (χ1) is 14.0. The number of rotatable bonds is 5. The summed E-state index contributed by atoms with van der Waals surface area (Å²) < 4.78 is 1.92. The average Bonchev–Trinajstić information content (AvgIpc) is 3.16. The molecule has 1 aliphatic heterocycles. The lowest BCUT2D eigenvalue weighted by molar-refractivity contribution is -0.144. The lowest BCUT2D eigenvalue weighted by Gasteiger charge is -2.38. The molecule has 1 N–H and O–H groups in total. The van der Waals surface area contributed by atoms with E-state index in [2.05, 4.69) is 43.4 Å². The number of hydrogen-bond donors (Lipinski definition) is 1. The lowest BCUT2D eigenvalue weighted by Crippen LogP contribution is -2.52. The number of amides is 2. The molecular formula is C24H31N3O2. The third kappa shape index (κ3) is 4.24. The van der Waals surface area contributed by atoms with E-state index in [4.69, 9.17) is 0 Å². The summed E-state index contributed by atoms with van der Waals surface area (Å²) in [6.07, 6.45) is 7.22. The van der Waals surface area contributed by atoms with E-state index in [1.54, 1.807) is 4.90 Å². The van der Waals surface area contributed by atoms with E-state index >= 15 is 0 Å². The fraction of sp³-hybridized carbons (Fsp3) is 0.500. The number of carbonyl (C=O) groups is 2. The number of fused-ring (bicyclic) bond motifs is 1. The minimum atomic E-state index is -0.550. The molecule has 0 bridgehead atoms. The molecule has 0 saturated heterocycles. The number of hydrogen-bond acceptors (Lipinski definition) is 2. The normalized spacial score (nSPS) is 24.3. The van der Waals surface area contributed by atoms with Crippen molar-refractivity contribution in [2.24, 2.45) is 5.92 Å². The van der Waals surface area contributed by atoms with Crippen molar-refractivity contribution in [2.75, 3.05) is 6.54 Å². The molecule has 3 atom stereocenters. The van der Waals surface area contributed by atoms with Crippen LogP contribution < -0.4 is 5.32 Å². The number of aromatic nitrogens is 1. The van der Waals surface area contributed by atoms with Crippen LogP contribution >= 0.6 is 0 Å². The maximum atomic E-state index is 13.4. The van der Waals surface area contributed by atoms with E-state index in [1.165, 1.54) is 17.5 Å². The zero-order chi connectivity index (χ0) is 20.4. The van der Waals surface area contributed by atoms with E-state index in [1.807, 2.05) is 22.9 Å². The van der Waals surface area contributed by atoms with Crippen LogP contribution in [0, 0.1) is 12.8 Å². The van der Waals surface area contributed by atoms with Gasteiger partial charge in [-0.3, -0.25) is 9.59 Å². The van der Waals surface area contributed by atoms with E-state index in [9.17, 15) is 9.59 Å². The highest BCUT2D eigenvalue weighted by Crippen LogP contribution is 2.29. The highest BCUT2D eigenvalue weighted by Gasteiger charge is 2.38. The van der Waals surface area contributed by atoms with Gasteiger partial charge in [-0.15, -0.1) is 0 Å². The molecule has 2 amide bonds. The maximum Gasteiger partial charge on any atom is 0.249 e. The van der Waals surface area contributed by atoms with Gasteiger partial charge in [0.2, 0.25) is 11.8 Å². The number of carbonyl (C=O) groups excluding carboxylic acids is 2. The first kappa shape index (κ1) is 19.7. The summed E-state index contributed by atoms with van der Waals surface area (Å²) in [6, 6.07) is 11.9. The van der Waals surface area contributed by atoms with Gasteiger partial charge in [0.15, 0.2) is 6.04 Å². The third-order valence-electron chi connectivity index (χ3n) is 6.53. The highest BCUT2D eigenvalue weighted by molar-refractivity contribution is 5.90. The van der Waals surface area contributed by atoms with Gasteiger partial charge < -0.3 is 14.8 Å². The molecule has 0 spiro atoms. The summed E-state index contributed by atoms with van der Waals surface area (Å²) in [4.78, 5) is 28.1. The third-order valence-corrected chi connectivity index (χ3v) is 6.53. The summed E-state index contributed by atoms with van der Waals surface area (Å²) in [5, 5.41) is 3.28. The van der Waals surface area contributed by atoms with Crippen molar-refractivity contribution in [3.63, 3.8) is 0 Å². The predicted octanol–water partition coefficient (Wildman–Crippen LogP) is 3.62. The zero-order valence-corrected chi connectivity index (χ0v) is 17.4. The molecule has 4 rings (SSSR count). The van der Waals surface area contributed by atoms with Gasteiger partial charge in [-0.25, -0.2) is 0 Å². The Hall–Kier alpha value is -2.56. The van der Waals surface area contributed by atoms with Gasteiger partial charge in [0, 0.05) is 18.8 Å². The lowest BCUT2D eigenvalue weighted by atomic mass is 9.85. The van der Waals surface area contributed by atoms with Gasteiger partial charge in [0.05, 0.1) is 5.69 Å². The summed E-state index contributed by atoms with van der Waals surface area (Å²) >= 11 is 0. The molecular weight excluding hydrogens is 362 g/mol. The van der Waals surface area contributed by atoms with Crippen LogP contribution in [-0.4, -0.2) is 33.9 Å². The predicted molar refractivity (Wildman–Crippen MR) is 113 cm³/mol. The number of nitrogens with zero attached hydrogens (tertiary/aromatic N) is 2. The van der Waals surface area contributed by atoms with Gasteiger partial charge in [-0.2, -0.15) is 0 Å². The van der Waals surface area contributed by atoms with Crippen LogP contribution in [0.4, 0.5) is 0 Å². The van der Waals surface area contributed by atoms with Crippen molar-refractivity contribution < 1.29 is 9.59 Å². The molecule has 1 aromatic heterocycles. The fourth-order valence-electron chi connectivity index (χ4n) is 4.69. The Morgan fingerprint density at radius 1 is 1.14 bits per heavy atom. The second-order valence-corrected chi connectivity index (χ2v) is 8.66. The first-order valence-electron chi connectivity index (χ1n) is 10.8. The molecule has 1 aromatic carbocycles. The zero-order valence-electron chi connectivity index (χ0n) is 17.4. The standard InChI is InChI=1S/C24H31N3O2/c1-17-9-11-19(12-10-17)13-15-27-22(28)16-26-14-5-8-21(26)23(27)24(29)25-20-7-4-3-6-18(20)2/h5,8-12,14,18,20,23H,3-4,6-7,13,15-16H2,1-2H3,(H,25,29)/t18-,20-,23-/m1/s1. The summed E-state index contributed by atoms with van der Waals surface area (Å²) in [7, 11) is 0. The Bertz CT molecular complexity index is 871. The van der Waals surface area contributed by atoms with Crippen molar-refractivity contribution >= 4 is 11.8 Å². The second-order valence-electron chi connectivity index (χ2n) is 8.66. The second kappa shape index (κ2) is 8.44. The average molecular weight is 394 g/mol. The maximum absolute atomic E-state index is 13.4.